The zero-order valence-corrected chi connectivity index (χ0v) is 21.6. The highest BCUT2D eigenvalue weighted by molar-refractivity contribution is 5.95. The summed E-state index contributed by atoms with van der Waals surface area (Å²) in [4.78, 5) is 11.5. The highest BCUT2D eigenvalue weighted by Gasteiger charge is 2.47. The largest absolute Gasteiger partial charge is 0.363 e. The number of allylic oxidation sites excluding steroid dienone is 1. The molecule has 0 radical (unpaired) electrons. The maximum absolute atomic E-state index is 15.3. The molecule has 1 fully saturated rings. The highest BCUT2D eigenvalue weighted by atomic mass is 19.3. The molecule has 190 valence electrons. The van der Waals surface area contributed by atoms with E-state index >= 15 is 4.39 Å². The van der Waals surface area contributed by atoms with E-state index in [9.17, 15) is 8.78 Å². The van der Waals surface area contributed by atoms with Gasteiger partial charge in [-0.05, 0) is 44.4 Å². The summed E-state index contributed by atoms with van der Waals surface area (Å²) in [5, 5.41) is 4.10. The van der Waals surface area contributed by atoms with Gasteiger partial charge in [-0.1, -0.05) is 51.5 Å². The van der Waals surface area contributed by atoms with Crippen molar-refractivity contribution in [2.45, 2.75) is 70.8 Å². The molecule has 1 spiro atoms. The van der Waals surface area contributed by atoms with Crippen molar-refractivity contribution in [1.29, 1.82) is 0 Å². The molecule has 1 N–H and O–H groups in total. The molecule has 1 aliphatic carbocycles. The number of rotatable bonds is 5. The monoisotopic (exact) mass is 494 g/mol. The molecule has 2 heterocycles. The van der Waals surface area contributed by atoms with Gasteiger partial charge in [0.2, 0.25) is 0 Å². The summed E-state index contributed by atoms with van der Waals surface area (Å²) in [6.07, 6.45) is 4.52. The van der Waals surface area contributed by atoms with Crippen molar-refractivity contribution in [2.24, 2.45) is 5.92 Å². The third kappa shape index (κ3) is 3.58. The maximum Gasteiger partial charge on any atom is 0.278 e. The molecule has 1 saturated carbocycles. The zero-order chi connectivity index (χ0) is 26.0. The summed E-state index contributed by atoms with van der Waals surface area (Å²) >= 11 is 0. The second-order valence-electron chi connectivity index (χ2n) is 10.7. The smallest absolute Gasteiger partial charge is 0.278 e. The molecule has 4 nitrogen and oxygen atoms in total. The number of anilines is 2. The van der Waals surface area contributed by atoms with Gasteiger partial charge < -0.3 is 10.2 Å². The molecule has 0 bridgehead atoms. The van der Waals surface area contributed by atoms with Crippen LogP contribution in [-0.2, 0) is 11.3 Å². The fourth-order valence-corrected chi connectivity index (χ4v) is 5.95. The highest BCUT2D eigenvalue weighted by Crippen LogP contribution is 2.56. The molecule has 0 saturated heterocycles. The van der Waals surface area contributed by atoms with Crippen molar-refractivity contribution in [3.8, 4) is 0 Å². The molecule has 1 aromatic heterocycles. The molecule has 0 unspecified atom stereocenters. The van der Waals surface area contributed by atoms with Crippen molar-refractivity contribution < 1.29 is 13.2 Å². The van der Waals surface area contributed by atoms with Gasteiger partial charge in [0.1, 0.15) is 17.5 Å². The third-order valence-electron chi connectivity index (χ3n) is 8.15. The van der Waals surface area contributed by atoms with E-state index in [1.54, 1.807) is 13.0 Å². The fraction of sp³-hybridized carbons (Fsp3) is 0.448. The van der Waals surface area contributed by atoms with Gasteiger partial charge in [0, 0.05) is 40.7 Å². The molecule has 1 aliphatic heterocycles. The normalized spacial score (nSPS) is 17.9. The van der Waals surface area contributed by atoms with E-state index in [0.29, 0.717) is 11.6 Å². The number of hydrogen-bond donors (Lipinski definition) is 1. The Bertz CT molecular complexity index is 1360. The summed E-state index contributed by atoms with van der Waals surface area (Å²) in [5.41, 5.74) is 3.83. The van der Waals surface area contributed by atoms with Crippen molar-refractivity contribution in [1.82, 2.24) is 9.97 Å². The molecule has 3 aromatic rings. The number of nitrogens with one attached hydrogen (secondary N) is 1. The lowest BCUT2D eigenvalue weighted by molar-refractivity contribution is -0.0545. The predicted molar refractivity (Wildman–Crippen MR) is 139 cm³/mol. The molecular weight excluding hydrogens is 461 g/mol. The molecular formula is C29H33F3N4. The van der Waals surface area contributed by atoms with Crippen LogP contribution in [-0.4, -0.2) is 17.0 Å². The molecule has 5 rings (SSSR count). The summed E-state index contributed by atoms with van der Waals surface area (Å²) in [5.74, 6) is -4.02. The fourth-order valence-electron chi connectivity index (χ4n) is 5.95. The number of likely N-dealkylation sites (N-methyl/N-ethyl adjacent to an activating group) is 1. The predicted octanol–water partition coefficient (Wildman–Crippen LogP) is 7.77. The van der Waals surface area contributed by atoms with Gasteiger partial charge in [-0.2, -0.15) is 0 Å². The van der Waals surface area contributed by atoms with Crippen LogP contribution in [0.3, 0.4) is 0 Å². The number of aromatic nitrogens is 2. The van der Waals surface area contributed by atoms with Crippen LogP contribution in [0.15, 0.2) is 42.6 Å². The zero-order valence-electron chi connectivity index (χ0n) is 21.6. The molecule has 2 aromatic carbocycles. The van der Waals surface area contributed by atoms with Crippen LogP contribution < -0.4 is 10.2 Å². The lowest BCUT2D eigenvalue weighted by Crippen LogP contribution is -2.25. The topological polar surface area (TPSA) is 41.0 Å². The molecule has 7 heteroatoms. The van der Waals surface area contributed by atoms with Gasteiger partial charge in [-0.25, -0.2) is 23.1 Å². The lowest BCUT2D eigenvalue weighted by atomic mass is 9.78. The molecule has 36 heavy (non-hydrogen) atoms. The van der Waals surface area contributed by atoms with E-state index in [1.165, 1.54) is 44.4 Å². The van der Waals surface area contributed by atoms with E-state index < -0.39 is 29.3 Å². The van der Waals surface area contributed by atoms with Crippen LogP contribution in [0.2, 0.25) is 0 Å². The first-order valence-electron chi connectivity index (χ1n) is 12.7. The van der Waals surface area contributed by atoms with E-state index in [4.69, 9.17) is 4.98 Å². The Balaban J connectivity index is 1.57. The molecule has 1 atom stereocenters. The van der Waals surface area contributed by atoms with Gasteiger partial charge in [0.15, 0.2) is 0 Å². The number of nitrogens with zero attached hydrogens (tertiary/aromatic N) is 3. The average Bonchev–Trinajstić information content (AvgIpc) is 3.39. The van der Waals surface area contributed by atoms with Gasteiger partial charge >= 0.3 is 0 Å². The standard InChI is InChI=1S/C29H33F3N4/c1-16(2)29(31,32)22-11-9-10-20(26(22)30)17(3)33-27-21-14-25-23(15-24(21)34-19(5)35-27)28(12-7-8-13-28)18(4)36(25)6/h9-11,14-17H,4,7-8,12-13H2,1-3,5-6H3,(H,33,34,35)/t17-/m1/s1. The first kappa shape index (κ1) is 24.6. The average molecular weight is 495 g/mol. The molecule has 2 aliphatic rings. The quantitative estimate of drug-likeness (QED) is 0.393. The summed E-state index contributed by atoms with van der Waals surface area (Å²) in [6, 6.07) is 7.84. The minimum absolute atomic E-state index is 0.0385. The Kier molecular flexibility index (Phi) is 5.80. The summed E-state index contributed by atoms with van der Waals surface area (Å²) in [7, 11) is 2.04. The lowest BCUT2D eigenvalue weighted by Gasteiger charge is -2.26. The van der Waals surface area contributed by atoms with E-state index in [0.717, 1.165) is 35.1 Å². The van der Waals surface area contributed by atoms with Crippen LogP contribution in [0.4, 0.5) is 24.7 Å². The summed E-state index contributed by atoms with van der Waals surface area (Å²) < 4.78 is 44.7. The third-order valence-corrected chi connectivity index (χ3v) is 8.15. The van der Waals surface area contributed by atoms with Crippen molar-refractivity contribution >= 4 is 22.4 Å². The Morgan fingerprint density at radius 1 is 1.11 bits per heavy atom. The van der Waals surface area contributed by atoms with Gasteiger partial charge in [-0.3, -0.25) is 0 Å². The van der Waals surface area contributed by atoms with Crippen LogP contribution >= 0.6 is 0 Å². The Morgan fingerprint density at radius 3 is 2.47 bits per heavy atom. The number of hydrogen-bond acceptors (Lipinski definition) is 4. The molecule has 0 amide bonds. The minimum Gasteiger partial charge on any atom is -0.363 e. The Hall–Kier alpha value is -3.09. The Labute approximate surface area is 210 Å². The number of benzene rings is 2. The Morgan fingerprint density at radius 2 is 1.81 bits per heavy atom. The van der Waals surface area contributed by atoms with E-state index in [2.05, 4.69) is 33.9 Å². The second-order valence-corrected chi connectivity index (χ2v) is 10.7. The number of aryl methyl sites for hydroxylation is 1. The second kappa shape index (κ2) is 8.49. The van der Waals surface area contributed by atoms with Crippen molar-refractivity contribution in [3.05, 3.63) is 70.9 Å². The number of alkyl halides is 2. The minimum atomic E-state index is -3.26. The number of fused-ring (bicyclic) bond motifs is 3. The number of halogens is 3. The van der Waals surface area contributed by atoms with E-state index in [1.807, 2.05) is 14.0 Å². The van der Waals surface area contributed by atoms with E-state index in [-0.39, 0.29) is 11.0 Å². The van der Waals surface area contributed by atoms with Crippen molar-refractivity contribution in [2.75, 3.05) is 17.3 Å². The van der Waals surface area contributed by atoms with Crippen LogP contribution in [0.5, 0.6) is 0 Å². The van der Waals surface area contributed by atoms with Gasteiger partial charge in [-0.15, -0.1) is 0 Å². The first-order valence-corrected chi connectivity index (χ1v) is 12.7. The van der Waals surface area contributed by atoms with Crippen molar-refractivity contribution in [3.63, 3.8) is 0 Å². The SMILES string of the molecule is C=C1N(C)c2cc3c(N[C@H](C)c4cccc(C(F)(F)C(C)C)c4F)nc(C)nc3cc2C12CCCC2. The van der Waals surface area contributed by atoms with Crippen LogP contribution in [0, 0.1) is 18.7 Å². The van der Waals surface area contributed by atoms with Gasteiger partial charge in [0.05, 0.1) is 17.1 Å². The van der Waals surface area contributed by atoms with Gasteiger partial charge in [0.25, 0.3) is 5.92 Å². The first-order chi connectivity index (χ1) is 17.0. The maximum atomic E-state index is 15.3. The summed E-state index contributed by atoms with van der Waals surface area (Å²) in [6.45, 7) is 10.8. The van der Waals surface area contributed by atoms with Crippen LogP contribution in [0.1, 0.15) is 75.0 Å². The van der Waals surface area contributed by atoms with Crippen LogP contribution in [0.25, 0.3) is 10.9 Å².